The zero-order chi connectivity index (χ0) is 19.6. The fraction of sp³-hybridized carbons (Fsp3) is 0.500. The van der Waals surface area contributed by atoms with Crippen molar-refractivity contribution in [1.82, 2.24) is 5.32 Å². The second-order valence-corrected chi connectivity index (χ2v) is 9.75. The first-order valence-electron chi connectivity index (χ1n) is 10.4. The highest BCUT2D eigenvalue weighted by Crippen LogP contribution is 2.41. The highest BCUT2D eigenvalue weighted by atomic mass is 32.2. The van der Waals surface area contributed by atoms with Crippen LogP contribution >= 0.6 is 0 Å². The van der Waals surface area contributed by atoms with Gasteiger partial charge in [0.05, 0.1) is 10.6 Å². The van der Waals surface area contributed by atoms with E-state index in [0.717, 1.165) is 29.3 Å². The lowest BCUT2D eigenvalue weighted by Crippen LogP contribution is -2.36. The zero-order valence-electron chi connectivity index (χ0n) is 16.2. The first-order valence-corrected chi connectivity index (χ1v) is 11.9. The Bertz CT molecular complexity index is 958. The molecule has 2 aromatic carbocycles. The van der Waals surface area contributed by atoms with Gasteiger partial charge in [-0.05, 0) is 36.8 Å². The largest absolute Gasteiger partial charge is 0.353 e. The molecule has 4 rings (SSSR count). The summed E-state index contributed by atoms with van der Waals surface area (Å²) >= 11 is 0. The van der Waals surface area contributed by atoms with E-state index in [0.29, 0.717) is 24.3 Å². The van der Waals surface area contributed by atoms with E-state index in [1.165, 1.54) is 36.4 Å². The minimum absolute atomic E-state index is 0.0397. The molecule has 0 bridgehead atoms. The van der Waals surface area contributed by atoms with Crippen LogP contribution in [0.15, 0.2) is 41.3 Å². The summed E-state index contributed by atoms with van der Waals surface area (Å²) in [5.41, 5.74) is 0.730. The molecule has 1 fully saturated rings. The molecule has 1 heterocycles. The molecule has 1 amide bonds. The van der Waals surface area contributed by atoms with Gasteiger partial charge in [-0.2, -0.15) is 0 Å². The molecule has 0 spiro atoms. The summed E-state index contributed by atoms with van der Waals surface area (Å²) in [6.45, 7) is 0.328. The van der Waals surface area contributed by atoms with Crippen molar-refractivity contribution >= 4 is 32.4 Å². The maximum atomic E-state index is 13.0. The predicted octanol–water partition coefficient (Wildman–Crippen LogP) is 4.36. The van der Waals surface area contributed by atoms with Crippen LogP contribution in [0.4, 0.5) is 5.69 Å². The summed E-state index contributed by atoms with van der Waals surface area (Å²) in [5, 5.41) is 4.89. The molecule has 2 aromatic rings. The number of benzene rings is 2. The van der Waals surface area contributed by atoms with E-state index in [4.69, 9.17) is 0 Å². The van der Waals surface area contributed by atoms with Crippen LogP contribution in [-0.4, -0.2) is 26.9 Å². The van der Waals surface area contributed by atoms with Gasteiger partial charge in [-0.3, -0.25) is 9.10 Å². The van der Waals surface area contributed by atoms with E-state index in [-0.39, 0.29) is 11.9 Å². The highest BCUT2D eigenvalue weighted by molar-refractivity contribution is 7.93. The molecule has 1 aliphatic carbocycles. The van der Waals surface area contributed by atoms with Crippen LogP contribution in [0.25, 0.3) is 10.8 Å². The number of nitrogens with zero attached hydrogens (tertiary/aromatic N) is 1. The Morgan fingerprint density at radius 3 is 2.43 bits per heavy atom. The lowest BCUT2D eigenvalue weighted by Gasteiger charge is -2.22. The Kier molecular flexibility index (Phi) is 5.58. The normalized spacial score (nSPS) is 19.4. The molecule has 0 aromatic heterocycles. The van der Waals surface area contributed by atoms with Crippen LogP contribution in [-0.2, 0) is 14.8 Å². The van der Waals surface area contributed by atoms with Gasteiger partial charge in [-0.15, -0.1) is 0 Å². The Morgan fingerprint density at radius 1 is 1.00 bits per heavy atom. The van der Waals surface area contributed by atoms with Gasteiger partial charge in [0, 0.05) is 24.4 Å². The van der Waals surface area contributed by atoms with Crippen molar-refractivity contribution in [1.29, 1.82) is 0 Å². The average molecular weight is 401 g/mol. The quantitative estimate of drug-likeness (QED) is 0.811. The average Bonchev–Trinajstić information content (AvgIpc) is 2.87. The number of anilines is 1. The van der Waals surface area contributed by atoms with Gasteiger partial charge >= 0.3 is 0 Å². The molecule has 28 heavy (non-hydrogen) atoms. The Morgan fingerprint density at radius 2 is 1.68 bits per heavy atom. The van der Waals surface area contributed by atoms with E-state index in [1.54, 1.807) is 12.1 Å². The van der Waals surface area contributed by atoms with E-state index >= 15 is 0 Å². The van der Waals surface area contributed by atoms with Crippen molar-refractivity contribution in [3.63, 3.8) is 0 Å². The van der Waals surface area contributed by atoms with E-state index < -0.39 is 10.0 Å². The molecule has 0 radical (unpaired) electrons. The molecule has 0 unspecified atom stereocenters. The fourth-order valence-corrected chi connectivity index (χ4v) is 6.23. The number of sulfonamides is 1. The van der Waals surface area contributed by atoms with Gasteiger partial charge in [0.25, 0.3) is 10.0 Å². The number of rotatable bonds is 5. The lowest BCUT2D eigenvalue weighted by molar-refractivity contribution is -0.122. The third-order valence-electron chi connectivity index (χ3n) is 5.92. The second-order valence-electron chi connectivity index (χ2n) is 7.92. The number of carbonyl (C=O) groups excluding carboxylic acids is 1. The first-order chi connectivity index (χ1) is 13.6. The van der Waals surface area contributed by atoms with Crippen LogP contribution in [0.2, 0.25) is 0 Å². The number of hydrogen-bond donors (Lipinski definition) is 1. The Labute approximate surface area is 167 Å². The molecule has 5 nitrogen and oxygen atoms in total. The monoisotopic (exact) mass is 400 g/mol. The van der Waals surface area contributed by atoms with Gasteiger partial charge in [0.15, 0.2) is 0 Å². The standard InChI is InChI=1S/C22H28N2O3S/c25-21(23-18-11-4-2-1-3-5-12-18)15-8-16-24-19-13-6-9-17-10-7-14-20(22(17)19)28(24,26)27/h6-7,9-10,13-14,18H,1-5,8,11-12,15-16H2,(H,23,25). The van der Waals surface area contributed by atoms with Gasteiger partial charge in [-0.25, -0.2) is 8.42 Å². The summed E-state index contributed by atoms with van der Waals surface area (Å²) in [6, 6.07) is 11.3. The van der Waals surface area contributed by atoms with Crippen molar-refractivity contribution in [2.75, 3.05) is 10.8 Å². The number of nitrogens with one attached hydrogen (secondary N) is 1. The summed E-state index contributed by atoms with van der Waals surface area (Å²) in [7, 11) is -3.53. The summed E-state index contributed by atoms with van der Waals surface area (Å²) in [5.74, 6) is 0.0397. The summed E-state index contributed by atoms with van der Waals surface area (Å²) < 4.78 is 27.4. The Balaban J connectivity index is 1.38. The zero-order valence-corrected chi connectivity index (χ0v) is 17.0. The van der Waals surface area contributed by atoms with Crippen molar-refractivity contribution < 1.29 is 13.2 Å². The van der Waals surface area contributed by atoms with Crippen LogP contribution in [0.3, 0.4) is 0 Å². The maximum absolute atomic E-state index is 13.0. The van der Waals surface area contributed by atoms with E-state index in [9.17, 15) is 13.2 Å². The van der Waals surface area contributed by atoms with Gasteiger partial charge in [0.2, 0.25) is 5.91 Å². The van der Waals surface area contributed by atoms with Gasteiger partial charge in [-0.1, -0.05) is 56.4 Å². The topological polar surface area (TPSA) is 66.5 Å². The molecular weight excluding hydrogens is 372 g/mol. The van der Waals surface area contributed by atoms with E-state index in [1.807, 2.05) is 24.3 Å². The number of hydrogen-bond acceptors (Lipinski definition) is 3. The molecule has 150 valence electrons. The van der Waals surface area contributed by atoms with Crippen LogP contribution in [0, 0.1) is 0 Å². The molecule has 0 atom stereocenters. The van der Waals surface area contributed by atoms with Crippen molar-refractivity contribution in [3.8, 4) is 0 Å². The van der Waals surface area contributed by atoms with Crippen molar-refractivity contribution in [2.45, 2.75) is 68.7 Å². The van der Waals surface area contributed by atoms with Crippen LogP contribution in [0.1, 0.15) is 57.8 Å². The molecule has 6 heteroatoms. The molecule has 1 aliphatic heterocycles. The van der Waals surface area contributed by atoms with Crippen LogP contribution < -0.4 is 9.62 Å². The summed E-state index contributed by atoms with van der Waals surface area (Å²) in [6.07, 6.45) is 9.17. The maximum Gasteiger partial charge on any atom is 0.265 e. The molecule has 1 N–H and O–H groups in total. The fourth-order valence-electron chi connectivity index (χ4n) is 4.48. The predicted molar refractivity (Wildman–Crippen MR) is 112 cm³/mol. The van der Waals surface area contributed by atoms with Crippen molar-refractivity contribution in [2.24, 2.45) is 0 Å². The Hall–Kier alpha value is -2.08. The number of amides is 1. The molecular formula is C22H28N2O3S. The first kappa shape index (κ1) is 19.2. The SMILES string of the molecule is O=C(CCCN1c2cccc3cccc(c23)S1(=O)=O)NC1CCCCCCC1. The summed E-state index contributed by atoms with van der Waals surface area (Å²) in [4.78, 5) is 12.7. The molecule has 0 saturated heterocycles. The number of carbonyl (C=O) groups is 1. The molecule has 2 aliphatic rings. The second kappa shape index (κ2) is 8.11. The lowest BCUT2D eigenvalue weighted by atomic mass is 9.96. The van der Waals surface area contributed by atoms with E-state index in [2.05, 4.69) is 5.32 Å². The van der Waals surface area contributed by atoms with Crippen LogP contribution in [0.5, 0.6) is 0 Å². The third-order valence-corrected chi connectivity index (χ3v) is 7.77. The minimum atomic E-state index is -3.53. The van der Waals surface area contributed by atoms with Gasteiger partial charge in [0.1, 0.15) is 0 Å². The third kappa shape index (κ3) is 3.75. The van der Waals surface area contributed by atoms with Crippen molar-refractivity contribution in [3.05, 3.63) is 36.4 Å². The molecule has 1 saturated carbocycles. The minimum Gasteiger partial charge on any atom is -0.353 e. The van der Waals surface area contributed by atoms with Gasteiger partial charge < -0.3 is 5.32 Å². The smallest absolute Gasteiger partial charge is 0.265 e. The highest BCUT2D eigenvalue weighted by Gasteiger charge is 2.35.